The molecule has 6 heteroatoms. The number of halogens is 1. The molecule has 2 rings (SSSR count). The lowest BCUT2D eigenvalue weighted by molar-refractivity contribution is -0.129. The molecule has 0 spiro atoms. The number of rotatable bonds is 5. The Balaban J connectivity index is 1.80. The highest BCUT2D eigenvalue weighted by molar-refractivity contribution is 9.10. The van der Waals surface area contributed by atoms with E-state index in [1.807, 2.05) is 36.2 Å². The van der Waals surface area contributed by atoms with Crippen LogP contribution in [0.25, 0.3) is 0 Å². The van der Waals surface area contributed by atoms with E-state index in [-0.39, 0.29) is 18.4 Å². The summed E-state index contributed by atoms with van der Waals surface area (Å²) < 4.78 is 1.04. The summed E-state index contributed by atoms with van der Waals surface area (Å²) in [5.41, 5.74) is 1.14. The smallest absolute Gasteiger partial charge is 0.242 e. The van der Waals surface area contributed by atoms with Crippen molar-refractivity contribution in [2.24, 2.45) is 0 Å². The van der Waals surface area contributed by atoms with Crippen LogP contribution in [0.5, 0.6) is 0 Å². The van der Waals surface area contributed by atoms with Gasteiger partial charge < -0.3 is 10.6 Å². The quantitative estimate of drug-likeness (QED) is 0.831. The predicted molar refractivity (Wildman–Crippen MR) is 89.3 cm³/mol. The molecule has 0 bridgehead atoms. The van der Waals surface area contributed by atoms with Crippen LogP contribution in [0.4, 0.5) is 0 Å². The lowest BCUT2D eigenvalue weighted by Gasteiger charge is -2.19. The molecule has 120 valence electrons. The summed E-state index contributed by atoms with van der Waals surface area (Å²) in [5.74, 6) is -0.178. The number of amides is 2. The highest BCUT2D eigenvalue weighted by Gasteiger charge is 2.22. The van der Waals surface area contributed by atoms with E-state index in [1.165, 1.54) is 0 Å². The van der Waals surface area contributed by atoms with Crippen LogP contribution in [0.15, 0.2) is 28.7 Å². The number of nitrogens with zero attached hydrogens (tertiary/aromatic N) is 1. The zero-order valence-electron chi connectivity index (χ0n) is 12.8. The van der Waals surface area contributed by atoms with Crippen molar-refractivity contribution in [3.05, 3.63) is 34.3 Å². The maximum absolute atomic E-state index is 12.1. The Morgan fingerprint density at radius 1 is 1.36 bits per heavy atom. The average molecular weight is 368 g/mol. The first-order valence-electron chi connectivity index (χ1n) is 7.54. The van der Waals surface area contributed by atoms with E-state index in [0.29, 0.717) is 19.5 Å². The molecule has 5 nitrogen and oxygen atoms in total. The number of nitrogens with one attached hydrogen (secondary N) is 2. The second-order valence-corrected chi connectivity index (χ2v) is 6.62. The first-order chi connectivity index (χ1) is 10.5. The minimum Gasteiger partial charge on any atom is -0.354 e. The van der Waals surface area contributed by atoms with Crippen molar-refractivity contribution < 1.29 is 9.59 Å². The number of carbonyl (C=O) groups excluding carboxylic acids is 2. The lowest BCUT2D eigenvalue weighted by atomic mass is 10.1. The van der Waals surface area contributed by atoms with Crippen LogP contribution in [0, 0.1) is 0 Å². The molecule has 1 aliphatic rings. The molecule has 1 atom stereocenters. The molecule has 1 unspecified atom stereocenters. The van der Waals surface area contributed by atoms with Crippen LogP contribution in [-0.4, -0.2) is 42.9 Å². The first kappa shape index (κ1) is 17.0. The molecule has 1 aliphatic heterocycles. The van der Waals surface area contributed by atoms with Gasteiger partial charge in [0.05, 0.1) is 6.54 Å². The molecule has 0 saturated carbocycles. The Kier molecular flexibility index (Phi) is 6.39. The third-order valence-corrected chi connectivity index (χ3v) is 4.18. The van der Waals surface area contributed by atoms with Gasteiger partial charge in [-0.05, 0) is 44.0 Å². The fourth-order valence-corrected chi connectivity index (χ4v) is 2.78. The molecule has 2 amide bonds. The molecule has 22 heavy (non-hydrogen) atoms. The number of carbonyl (C=O) groups is 2. The maximum atomic E-state index is 12.1. The van der Waals surface area contributed by atoms with Crippen LogP contribution in [-0.2, 0) is 16.1 Å². The maximum Gasteiger partial charge on any atom is 0.242 e. The molecular formula is C16H22BrN3O2. The average Bonchev–Trinajstić information content (AvgIpc) is 2.66. The van der Waals surface area contributed by atoms with E-state index in [1.54, 1.807) is 0 Å². The van der Waals surface area contributed by atoms with Gasteiger partial charge in [-0.1, -0.05) is 28.1 Å². The second-order valence-electron chi connectivity index (χ2n) is 5.71. The van der Waals surface area contributed by atoms with Gasteiger partial charge in [0.2, 0.25) is 11.8 Å². The molecule has 0 aliphatic carbocycles. The monoisotopic (exact) mass is 367 g/mol. The number of likely N-dealkylation sites (N-methyl/N-ethyl adjacent to an activating group) is 1. The normalized spacial score (nSPS) is 18.7. The van der Waals surface area contributed by atoms with Crippen LogP contribution in [0.3, 0.4) is 0 Å². The largest absolute Gasteiger partial charge is 0.354 e. The molecular weight excluding hydrogens is 346 g/mol. The van der Waals surface area contributed by atoms with Crippen molar-refractivity contribution in [1.29, 1.82) is 0 Å². The minimum absolute atomic E-state index is 0.0681. The van der Waals surface area contributed by atoms with E-state index < -0.39 is 6.04 Å². The van der Waals surface area contributed by atoms with Crippen molar-refractivity contribution >= 4 is 27.7 Å². The molecule has 2 N–H and O–H groups in total. The zero-order chi connectivity index (χ0) is 15.9. The molecule has 1 saturated heterocycles. The van der Waals surface area contributed by atoms with Gasteiger partial charge in [-0.3, -0.25) is 14.5 Å². The fourth-order valence-electron chi connectivity index (χ4n) is 2.52. The summed E-state index contributed by atoms with van der Waals surface area (Å²) in [6.07, 6.45) is 2.65. The van der Waals surface area contributed by atoms with Gasteiger partial charge in [0.1, 0.15) is 6.04 Å². The third-order valence-electron chi connectivity index (χ3n) is 3.65. The van der Waals surface area contributed by atoms with E-state index in [0.717, 1.165) is 22.9 Å². The zero-order valence-corrected chi connectivity index (χ0v) is 14.4. The summed E-state index contributed by atoms with van der Waals surface area (Å²) >= 11 is 3.40. The van der Waals surface area contributed by atoms with Crippen LogP contribution < -0.4 is 10.6 Å². The van der Waals surface area contributed by atoms with Crippen LogP contribution in [0.2, 0.25) is 0 Å². The van der Waals surface area contributed by atoms with Crippen molar-refractivity contribution in [3.63, 3.8) is 0 Å². The van der Waals surface area contributed by atoms with Crippen molar-refractivity contribution in [2.45, 2.75) is 31.8 Å². The highest BCUT2D eigenvalue weighted by atomic mass is 79.9. The standard InChI is InChI=1S/C16H22BrN3O2/c1-20(10-12-5-7-13(17)8-6-12)11-15(21)19-14-4-2-3-9-18-16(14)22/h5-8,14H,2-4,9-11H2,1H3,(H,18,22)(H,19,21). The van der Waals surface area contributed by atoms with Crippen molar-refractivity contribution in [3.8, 4) is 0 Å². The van der Waals surface area contributed by atoms with Gasteiger partial charge in [0, 0.05) is 17.6 Å². The second kappa shape index (κ2) is 8.29. The summed E-state index contributed by atoms with van der Waals surface area (Å²) in [6, 6.07) is 7.63. The van der Waals surface area contributed by atoms with E-state index >= 15 is 0 Å². The lowest BCUT2D eigenvalue weighted by Crippen LogP contribution is -2.48. The topological polar surface area (TPSA) is 61.4 Å². The SMILES string of the molecule is CN(CC(=O)NC1CCCCNC1=O)Cc1ccc(Br)cc1. The molecule has 1 fully saturated rings. The Morgan fingerprint density at radius 3 is 2.82 bits per heavy atom. The minimum atomic E-state index is -0.393. The van der Waals surface area contributed by atoms with Crippen LogP contribution >= 0.6 is 15.9 Å². The van der Waals surface area contributed by atoms with Gasteiger partial charge in [-0.15, -0.1) is 0 Å². The number of hydrogen-bond donors (Lipinski definition) is 2. The summed E-state index contributed by atoms with van der Waals surface area (Å²) in [6.45, 7) is 1.67. The van der Waals surface area contributed by atoms with E-state index in [4.69, 9.17) is 0 Å². The van der Waals surface area contributed by atoms with Crippen molar-refractivity contribution in [2.75, 3.05) is 20.1 Å². The third kappa shape index (κ3) is 5.42. The number of hydrogen-bond acceptors (Lipinski definition) is 3. The highest BCUT2D eigenvalue weighted by Crippen LogP contribution is 2.11. The summed E-state index contributed by atoms with van der Waals surface area (Å²) in [5, 5.41) is 5.66. The first-order valence-corrected chi connectivity index (χ1v) is 8.34. The van der Waals surface area contributed by atoms with Crippen molar-refractivity contribution in [1.82, 2.24) is 15.5 Å². The summed E-state index contributed by atoms with van der Waals surface area (Å²) in [4.78, 5) is 25.8. The van der Waals surface area contributed by atoms with Gasteiger partial charge in [-0.2, -0.15) is 0 Å². The van der Waals surface area contributed by atoms with Gasteiger partial charge in [0.15, 0.2) is 0 Å². The molecule has 1 aromatic carbocycles. The molecule has 0 aromatic heterocycles. The Bertz CT molecular complexity index is 519. The Hall–Kier alpha value is -1.40. The van der Waals surface area contributed by atoms with Gasteiger partial charge in [-0.25, -0.2) is 0 Å². The molecule has 0 radical (unpaired) electrons. The molecule has 1 aromatic rings. The predicted octanol–water partition coefficient (Wildman–Crippen LogP) is 1.67. The Morgan fingerprint density at radius 2 is 2.09 bits per heavy atom. The van der Waals surface area contributed by atoms with E-state index in [2.05, 4.69) is 26.6 Å². The van der Waals surface area contributed by atoms with Crippen LogP contribution in [0.1, 0.15) is 24.8 Å². The van der Waals surface area contributed by atoms with E-state index in [9.17, 15) is 9.59 Å². The molecule has 1 heterocycles. The number of benzene rings is 1. The fraction of sp³-hybridized carbons (Fsp3) is 0.500. The van der Waals surface area contributed by atoms with Gasteiger partial charge >= 0.3 is 0 Å². The van der Waals surface area contributed by atoms with Gasteiger partial charge in [0.25, 0.3) is 0 Å². The summed E-state index contributed by atoms with van der Waals surface area (Å²) in [7, 11) is 1.90. The Labute approximate surface area is 139 Å².